The molecule has 1 N–H and O–H groups in total. The van der Waals surface area contributed by atoms with E-state index in [0.717, 1.165) is 34.0 Å². The molecule has 3 nitrogen and oxygen atoms in total. The molecule has 0 atom stereocenters. The maximum absolute atomic E-state index is 4.46. The van der Waals surface area contributed by atoms with Gasteiger partial charge in [0.1, 0.15) is 10.1 Å². The Hall–Kier alpha value is -0.910. The molecule has 0 radical (unpaired) electrons. The predicted molar refractivity (Wildman–Crippen MR) is 82.3 cm³/mol. The minimum atomic E-state index is 0.842. The summed E-state index contributed by atoms with van der Waals surface area (Å²) < 4.78 is 0.998. The SMILES string of the molecule is CCCNCc1cccnc1Sc1ncccc1Br. The smallest absolute Gasteiger partial charge is 0.116 e. The van der Waals surface area contributed by atoms with Crippen molar-refractivity contribution < 1.29 is 0 Å². The fourth-order valence-electron chi connectivity index (χ4n) is 1.59. The normalized spacial score (nSPS) is 10.6. The Morgan fingerprint density at radius 1 is 1.16 bits per heavy atom. The molecule has 0 aliphatic carbocycles. The molecule has 0 saturated carbocycles. The van der Waals surface area contributed by atoms with Crippen LogP contribution in [-0.4, -0.2) is 16.5 Å². The summed E-state index contributed by atoms with van der Waals surface area (Å²) in [4.78, 5) is 8.82. The zero-order valence-electron chi connectivity index (χ0n) is 10.8. The average Bonchev–Trinajstić information content (AvgIpc) is 2.43. The second-order valence-electron chi connectivity index (χ2n) is 4.04. The van der Waals surface area contributed by atoms with Gasteiger partial charge < -0.3 is 5.32 Å². The molecule has 2 aromatic rings. The van der Waals surface area contributed by atoms with Crippen molar-refractivity contribution >= 4 is 27.7 Å². The lowest BCUT2D eigenvalue weighted by molar-refractivity contribution is 0.665. The molecular weight excluding hydrogens is 322 g/mol. The molecular formula is C14H16BrN3S. The van der Waals surface area contributed by atoms with Crippen LogP contribution in [0.5, 0.6) is 0 Å². The van der Waals surface area contributed by atoms with Gasteiger partial charge in [-0.3, -0.25) is 0 Å². The molecule has 2 aromatic heterocycles. The van der Waals surface area contributed by atoms with Crippen LogP contribution in [0.25, 0.3) is 0 Å². The minimum Gasteiger partial charge on any atom is -0.313 e. The third kappa shape index (κ3) is 4.30. The number of aromatic nitrogens is 2. The highest BCUT2D eigenvalue weighted by atomic mass is 79.9. The molecule has 0 saturated heterocycles. The molecule has 0 aliphatic heterocycles. The van der Waals surface area contributed by atoms with Gasteiger partial charge in [-0.25, -0.2) is 9.97 Å². The molecule has 0 amide bonds. The Bertz CT molecular complexity index is 534. The molecule has 100 valence electrons. The Kier molecular flexibility index (Phi) is 5.82. The number of hydrogen-bond donors (Lipinski definition) is 1. The first-order valence-electron chi connectivity index (χ1n) is 6.24. The zero-order valence-corrected chi connectivity index (χ0v) is 13.2. The first-order chi connectivity index (χ1) is 9.31. The lowest BCUT2D eigenvalue weighted by Gasteiger charge is -2.09. The Morgan fingerprint density at radius 3 is 2.63 bits per heavy atom. The maximum Gasteiger partial charge on any atom is 0.116 e. The number of hydrogen-bond acceptors (Lipinski definition) is 4. The van der Waals surface area contributed by atoms with Crippen LogP contribution in [-0.2, 0) is 6.54 Å². The molecule has 0 spiro atoms. The summed E-state index contributed by atoms with van der Waals surface area (Å²) in [5, 5.41) is 5.35. The summed E-state index contributed by atoms with van der Waals surface area (Å²) in [6.45, 7) is 4.03. The molecule has 0 aliphatic rings. The number of nitrogens with one attached hydrogen (secondary N) is 1. The van der Waals surface area contributed by atoms with Crippen molar-refractivity contribution in [1.82, 2.24) is 15.3 Å². The first-order valence-corrected chi connectivity index (χ1v) is 7.85. The van der Waals surface area contributed by atoms with Crippen molar-refractivity contribution in [3.63, 3.8) is 0 Å². The highest BCUT2D eigenvalue weighted by Gasteiger charge is 2.08. The van der Waals surface area contributed by atoms with E-state index in [1.54, 1.807) is 18.0 Å². The lowest BCUT2D eigenvalue weighted by Crippen LogP contribution is -2.14. The largest absolute Gasteiger partial charge is 0.313 e. The lowest BCUT2D eigenvalue weighted by atomic mass is 10.3. The van der Waals surface area contributed by atoms with Crippen LogP contribution < -0.4 is 5.32 Å². The van der Waals surface area contributed by atoms with E-state index in [4.69, 9.17) is 0 Å². The topological polar surface area (TPSA) is 37.8 Å². The second kappa shape index (κ2) is 7.62. The van der Waals surface area contributed by atoms with E-state index in [1.807, 2.05) is 24.4 Å². The Labute approximate surface area is 126 Å². The molecule has 0 fully saturated rings. The summed E-state index contributed by atoms with van der Waals surface area (Å²) in [6.07, 6.45) is 4.75. The third-order valence-electron chi connectivity index (χ3n) is 2.51. The van der Waals surface area contributed by atoms with Gasteiger partial charge in [-0.2, -0.15) is 0 Å². The Balaban J connectivity index is 2.13. The van der Waals surface area contributed by atoms with Gasteiger partial charge in [0, 0.05) is 18.9 Å². The quantitative estimate of drug-likeness (QED) is 0.811. The number of nitrogens with zero attached hydrogens (tertiary/aromatic N) is 2. The van der Waals surface area contributed by atoms with Crippen LogP contribution in [0.15, 0.2) is 51.2 Å². The monoisotopic (exact) mass is 337 g/mol. The summed E-state index contributed by atoms with van der Waals surface area (Å²) in [7, 11) is 0. The van der Waals surface area contributed by atoms with E-state index in [-0.39, 0.29) is 0 Å². The maximum atomic E-state index is 4.46. The molecule has 0 bridgehead atoms. The van der Waals surface area contributed by atoms with Crippen molar-refractivity contribution in [2.45, 2.75) is 29.9 Å². The van der Waals surface area contributed by atoms with Crippen molar-refractivity contribution in [2.24, 2.45) is 0 Å². The fourth-order valence-corrected chi connectivity index (χ4v) is 2.93. The van der Waals surface area contributed by atoms with E-state index >= 15 is 0 Å². The molecule has 5 heteroatoms. The fraction of sp³-hybridized carbons (Fsp3) is 0.286. The van der Waals surface area contributed by atoms with Crippen LogP contribution in [0.3, 0.4) is 0 Å². The average molecular weight is 338 g/mol. The predicted octanol–water partition coefficient (Wildman–Crippen LogP) is 3.89. The summed E-state index contributed by atoms with van der Waals surface area (Å²) in [5.41, 5.74) is 1.21. The van der Waals surface area contributed by atoms with Crippen molar-refractivity contribution in [1.29, 1.82) is 0 Å². The highest BCUT2D eigenvalue weighted by molar-refractivity contribution is 9.10. The molecule has 0 aromatic carbocycles. The first kappa shape index (κ1) is 14.5. The highest BCUT2D eigenvalue weighted by Crippen LogP contribution is 2.31. The third-order valence-corrected chi connectivity index (χ3v) is 4.49. The van der Waals surface area contributed by atoms with E-state index < -0.39 is 0 Å². The Morgan fingerprint density at radius 2 is 1.89 bits per heavy atom. The number of halogens is 1. The van der Waals surface area contributed by atoms with Crippen LogP contribution in [0.1, 0.15) is 18.9 Å². The van der Waals surface area contributed by atoms with E-state index in [2.05, 4.69) is 44.2 Å². The summed E-state index contributed by atoms with van der Waals surface area (Å²) >= 11 is 5.11. The van der Waals surface area contributed by atoms with Crippen molar-refractivity contribution in [2.75, 3.05) is 6.54 Å². The van der Waals surface area contributed by atoms with Crippen LogP contribution in [0, 0.1) is 0 Å². The molecule has 2 heterocycles. The van der Waals surface area contributed by atoms with Gasteiger partial charge in [0.05, 0.1) is 4.47 Å². The van der Waals surface area contributed by atoms with Crippen molar-refractivity contribution in [3.8, 4) is 0 Å². The van der Waals surface area contributed by atoms with Gasteiger partial charge in [-0.15, -0.1) is 0 Å². The van der Waals surface area contributed by atoms with Gasteiger partial charge in [0.2, 0.25) is 0 Å². The van der Waals surface area contributed by atoms with Crippen LogP contribution >= 0.6 is 27.7 Å². The van der Waals surface area contributed by atoms with Crippen LogP contribution in [0.4, 0.5) is 0 Å². The standard InChI is InChI=1S/C14H16BrN3S/c1-2-7-16-10-11-5-3-8-17-13(11)19-14-12(15)6-4-9-18-14/h3-6,8-9,16H,2,7,10H2,1H3. The second-order valence-corrected chi connectivity index (χ2v) is 5.87. The zero-order chi connectivity index (χ0) is 13.5. The van der Waals surface area contributed by atoms with Gasteiger partial charge in [0.15, 0.2) is 0 Å². The minimum absolute atomic E-state index is 0.842. The molecule has 19 heavy (non-hydrogen) atoms. The van der Waals surface area contributed by atoms with E-state index in [1.165, 1.54) is 5.56 Å². The van der Waals surface area contributed by atoms with Gasteiger partial charge >= 0.3 is 0 Å². The van der Waals surface area contributed by atoms with Crippen molar-refractivity contribution in [3.05, 3.63) is 46.7 Å². The van der Waals surface area contributed by atoms with Gasteiger partial charge in [-0.1, -0.05) is 13.0 Å². The summed E-state index contributed by atoms with van der Waals surface area (Å²) in [6, 6.07) is 7.99. The van der Waals surface area contributed by atoms with E-state index in [9.17, 15) is 0 Å². The molecule has 0 unspecified atom stereocenters. The van der Waals surface area contributed by atoms with Crippen LogP contribution in [0.2, 0.25) is 0 Å². The van der Waals surface area contributed by atoms with Gasteiger partial charge in [0.25, 0.3) is 0 Å². The summed E-state index contributed by atoms with van der Waals surface area (Å²) in [5.74, 6) is 0. The molecule has 2 rings (SSSR count). The number of rotatable bonds is 6. The van der Waals surface area contributed by atoms with Gasteiger partial charge in [-0.05, 0) is 64.4 Å². The number of pyridine rings is 2. The van der Waals surface area contributed by atoms with E-state index in [0.29, 0.717) is 0 Å².